The molecule has 1 N–H and O–H groups in total. The van der Waals surface area contributed by atoms with Crippen molar-refractivity contribution in [2.24, 2.45) is 16.7 Å². The number of carbonyl (C=O) groups excluding carboxylic acids is 1. The van der Waals surface area contributed by atoms with Crippen LogP contribution in [0, 0.1) is 16.7 Å². The molecule has 0 saturated carbocycles. The van der Waals surface area contributed by atoms with Gasteiger partial charge >= 0.3 is 0 Å². The Bertz CT molecular complexity index is 235. The van der Waals surface area contributed by atoms with Crippen molar-refractivity contribution in [1.82, 2.24) is 4.90 Å². The zero-order chi connectivity index (χ0) is 13.1. The Kier molecular flexibility index (Phi) is 4.99. The van der Waals surface area contributed by atoms with E-state index in [-0.39, 0.29) is 29.4 Å². The maximum atomic E-state index is 12.2. The summed E-state index contributed by atoms with van der Waals surface area (Å²) in [4.78, 5) is 13.6. The molecule has 0 aliphatic carbocycles. The number of carbonyl (C=O) groups is 1. The molecule has 0 spiro atoms. The monoisotopic (exact) mass is 229 g/mol. The van der Waals surface area contributed by atoms with Crippen molar-refractivity contribution in [2.75, 3.05) is 13.8 Å². The van der Waals surface area contributed by atoms with Crippen LogP contribution >= 0.6 is 0 Å². The molecule has 96 valence electrons. The van der Waals surface area contributed by atoms with Gasteiger partial charge in [-0.1, -0.05) is 41.5 Å². The highest BCUT2D eigenvalue weighted by Gasteiger charge is 2.35. The van der Waals surface area contributed by atoms with Crippen molar-refractivity contribution in [3.8, 4) is 0 Å². The van der Waals surface area contributed by atoms with Gasteiger partial charge in [0.25, 0.3) is 0 Å². The van der Waals surface area contributed by atoms with Crippen LogP contribution in [-0.4, -0.2) is 29.7 Å². The molecular weight excluding hydrogens is 202 g/mol. The van der Waals surface area contributed by atoms with Gasteiger partial charge in [-0.2, -0.15) is 0 Å². The minimum Gasteiger partial charge on any atom is -0.376 e. The normalized spacial score (nSPS) is 14.8. The summed E-state index contributed by atoms with van der Waals surface area (Å²) in [5.41, 5.74) is 0.0394. The van der Waals surface area contributed by atoms with Crippen molar-refractivity contribution in [3.63, 3.8) is 0 Å². The lowest BCUT2D eigenvalue weighted by atomic mass is 9.71. The fourth-order valence-corrected chi connectivity index (χ4v) is 1.71. The van der Waals surface area contributed by atoms with E-state index in [0.717, 1.165) is 6.42 Å². The first kappa shape index (κ1) is 15.4. The summed E-state index contributed by atoms with van der Waals surface area (Å²) in [6.07, 6.45) is 0.833. The highest BCUT2D eigenvalue weighted by Crippen LogP contribution is 2.36. The first-order valence-electron chi connectivity index (χ1n) is 5.85. The summed E-state index contributed by atoms with van der Waals surface area (Å²) < 4.78 is 0. The lowest BCUT2D eigenvalue weighted by Gasteiger charge is -2.36. The van der Waals surface area contributed by atoms with Gasteiger partial charge in [0, 0.05) is 13.0 Å². The summed E-state index contributed by atoms with van der Waals surface area (Å²) in [7, 11) is 1.64. The molecule has 3 nitrogen and oxygen atoms in total. The second kappa shape index (κ2) is 5.17. The van der Waals surface area contributed by atoms with Crippen molar-refractivity contribution < 1.29 is 9.90 Å². The molecule has 0 fully saturated rings. The third-order valence-electron chi connectivity index (χ3n) is 2.75. The third kappa shape index (κ3) is 4.97. The van der Waals surface area contributed by atoms with Gasteiger partial charge in [-0.25, -0.2) is 0 Å². The average molecular weight is 229 g/mol. The van der Waals surface area contributed by atoms with Crippen LogP contribution in [0.25, 0.3) is 0 Å². The van der Waals surface area contributed by atoms with E-state index in [9.17, 15) is 4.79 Å². The van der Waals surface area contributed by atoms with Crippen LogP contribution in [0.2, 0.25) is 0 Å². The number of nitrogens with zero attached hydrogens (tertiary/aromatic N) is 1. The van der Waals surface area contributed by atoms with Crippen molar-refractivity contribution in [1.29, 1.82) is 0 Å². The van der Waals surface area contributed by atoms with Gasteiger partial charge in [-0.3, -0.25) is 4.79 Å². The Morgan fingerprint density at radius 2 is 1.62 bits per heavy atom. The van der Waals surface area contributed by atoms with E-state index >= 15 is 0 Å². The predicted octanol–water partition coefficient (Wildman–Crippen LogP) is 2.49. The van der Waals surface area contributed by atoms with E-state index in [1.807, 2.05) is 0 Å². The van der Waals surface area contributed by atoms with E-state index in [1.54, 1.807) is 7.05 Å². The van der Waals surface area contributed by atoms with Crippen LogP contribution in [0.3, 0.4) is 0 Å². The van der Waals surface area contributed by atoms with Gasteiger partial charge in [0.15, 0.2) is 0 Å². The molecule has 16 heavy (non-hydrogen) atoms. The Balaban J connectivity index is 4.90. The minimum atomic E-state index is -0.213. The molecule has 0 radical (unpaired) electrons. The van der Waals surface area contributed by atoms with Gasteiger partial charge in [0.1, 0.15) is 6.73 Å². The quantitative estimate of drug-likeness (QED) is 0.755. The number of amides is 1. The van der Waals surface area contributed by atoms with Gasteiger partial charge < -0.3 is 10.0 Å². The molecule has 1 amide bonds. The lowest BCUT2D eigenvalue weighted by Crippen LogP contribution is -2.41. The smallest absolute Gasteiger partial charge is 0.227 e. The SMILES string of the molecule is CN(CO)C(=O)C(CC(C)(C)C)C(C)(C)C. The average Bonchev–Trinajstić information content (AvgIpc) is 2.08. The van der Waals surface area contributed by atoms with Crippen LogP contribution in [0.5, 0.6) is 0 Å². The standard InChI is InChI=1S/C13H27NO2/c1-12(2,3)8-10(13(4,5)6)11(16)14(7)9-15/h10,15H,8-9H2,1-7H3. The van der Waals surface area contributed by atoms with E-state index in [4.69, 9.17) is 5.11 Å². The third-order valence-corrected chi connectivity index (χ3v) is 2.75. The molecule has 0 bridgehead atoms. The summed E-state index contributed by atoms with van der Waals surface area (Å²) in [6, 6.07) is 0. The number of aliphatic hydroxyl groups is 1. The van der Waals surface area contributed by atoms with E-state index in [2.05, 4.69) is 41.5 Å². The zero-order valence-corrected chi connectivity index (χ0v) is 11.8. The van der Waals surface area contributed by atoms with Crippen LogP contribution in [-0.2, 0) is 4.79 Å². The second-order valence-electron chi connectivity index (χ2n) is 6.86. The van der Waals surface area contributed by atoms with Crippen molar-refractivity contribution >= 4 is 5.91 Å². The molecule has 0 saturated heterocycles. The highest BCUT2D eigenvalue weighted by molar-refractivity contribution is 5.79. The largest absolute Gasteiger partial charge is 0.376 e. The van der Waals surface area contributed by atoms with Gasteiger partial charge in [-0.15, -0.1) is 0 Å². The van der Waals surface area contributed by atoms with E-state index in [1.165, 1.54) is 4.90 Å². The Hall–Kier alpha value is -0.570. The summed E-state index contributed by atoms with van der Waals surface area (Å²) >= 11 is 0. The fraction of sp³-hybridized carbons (Fsp3) is 0.923. The van der Waals surface area contributed by atoms with Gasteiger partial charge in [-0.05, 0) is 17.3 Å². The Morgan fingerprint density at radius 3 is 1.88 bits per heavy atom. The van der Waals surface area contributed by atoms with Crippen molar-refractivity contribution in [2.45, 2.75) is 48.0 Å². The van der Waals surface area contributed by atoms with Crippen LogP contribution in [0.1, 0.15) is 48.0 Å². The molecule has 0 aromatic heterocycles. The van der Waals surface area contributed by atoms with E-state index < -0.39 is 0 Å². The molecule has 1 atom stereocenters. The number of hydrogen-bond acceptors (Lipinski definition) is 2. The number of aliphatic hydroxyl groups excluding tert-OH is 1. The minimum absolute atomic E-state index is 0.0323. The molecule has 0 aliphatic heterocycles. The zero-order valence-electron chi connectivity index (χ0n) is 11.8. The predicted molar refractivity (Wildman–Crippen MR) is 66.9 cm³/mol. The topological polar surface area (TPSA) is 40.5 Å². The molecule has 0 aromatic carbocycles. The molecule has 0 aliphatic rings. The molecule has 1 unspecified atom stereocenters. The first-order chi connectivity index (χ1) is 6.99. The van der Waals surface area contributed by atoms with Gasteiger partial charge in [0.2, 0.25) is 5.91 Å². The van der Waals surface area contributed by atoms with Crippen LogP contribution in [0.15, 0.2) is 0 Å². The summed E-state index contributed by atoms with van der Waals surface area (Å²) in [5, 5.41) is 9.02. The maximum Gasteiger partial charge on any atom is 0.227 e. The summed E-state index contributed by atoms with van der Waals surface area (Å²) in [5.74, 6) is -0.0189. The molecule has 0 rings (SSSR count). The van der Waals surface area contributed by atoms with Crippen LogP contribution < -0.4 is 0 Å². The molecule has 0 aromatic rings. The highest BCUT2D eigenvalue weighted by atomic mass is 16.3. The lowest BCUT2D eigenvalue weighted by molar-refractivity contribution is -0.142. The Labute approximate surface area is 99.8 Å². The Morgan fingerprint density at radius 1 is 1.19 bits per heavy atom. The molecule has 0 heterocycles. The second-order valence-corrected chi connectivity index (χ2v) is 6.86. The summed E-state index contributed by atoms with van der Waals surface area (Å²) in [6.45, 7) is 12.4. The van der Waals surface area contributed by atoms with Crippen molar-refractivity contribution in [3.05, 3.63) is 0 Å². The first-order valence-corrected chi connectivity index (χ1v) is 5.85. The maximum absolute atomic E-state index is 12.2. The molecular formula is C13H27NO2. The fourth-order valence-electron chi connectivity index (χ4n) is 1.71. The van der Waals surface area contributed by atoms with Crippen LogP contribution in [0.4, 0.5) is 0 Å². The number of rotatable bonds is 3. The van der Waals surface area contributed by atoms with Gasteiger partial charge in [0.05, 0.1) is 0 Å². The number of hydrogen-bond donors (Lipinski definition) is 1. The van der Waals surface area contributed by atoms with E-state index in [0.29, 0.717) is 0 Å². The molecule has 3 heteroatoms.